The normalized spacial score (nSPS) is 16.0. The van der Waals surface area contributed by atoms with Crippen LogP contribution in [0.3, 0.4) is 0 Å². The van der Waals surface area contributed by atoms with E-state index in [1.807, 2.05) is 26.8 Å². The Labute approximate surface area is 320 Å². The highest BCUT2D eigenvalue weighted by Crippen LogP contribution is 2.35. The largest absolute Gasteiger partial charge is 0.459 e. The summed E-state index contributed by atoms with van der Waals surface area (Å²) in [6.07, 6.45) is 1.29. The second kappa shape index (κ2) is 16.4. The first-order chi connectivity index (χ1) is 24.6. The molecular formula is C38H50Cl2N6O7. The van der Waals surface area contributed by atoms with Crippen molar-refractivity contribution >= 4 is 64.2 Å². The highest BCUT2D eigenvalue weighted by atomic mass is 35.5. The zero-order chi connectivity index (χ0) is 39.5. The number of hydrogen-bond donors (Lipinski definition) is 2. The topological polar surface area (TPSA) is 144 Å². The Morgan fingerprint density at radius 3 is 2.15 bits per heavy atom. The van der Waals surface area contributed by atoms with E-state index >= 15 is 0 Å². The van der Waals surface area contributed by atoms with Gasteiger partial charge in [0.15, 0.2) is 5.82 Å². The molecule has 2 heterocycles. The van der Waals surface area contributed by atoms with Gasteiger partial charge in [-0.1, -0.05) is 68.6 Å². The molecule has 1 aliphatic heterocycles. The number of amides is 4. The molecule has 0 radical (unpaired) electrons. The molecule has 1 fully saturated rings. The van der Waals surface area contributed by atoms with E-state index in [2.05, 4.69) is 27.4 Å². The molecule has 2 atom stereocenters. The van der Waals surface area contributed by atoms with Crippen molar-refractivity contribution in [3.05, 3.63) is 70.2 Å². The number of carbonyl (C=O) groups excluding carboxylic acids is 4. The number of aromatic nitrogens is 2. The molecule has 1 aliphatic rings. The summed E-state index contributed by atoms with van der Waals surface area (Å²) in [5.41, 5.74) is 1.57. The molecule has 4 amide bonds. The van der Waals surface area contributed by atoms with Crippen LogP contribution in [0.2, 0.25) is 10.0 Å². The van der Waals surface area contributed by atoms with E-state index in [1.165, 1.54) is 0 Å². The van der Waals surface area contributed by atoms with Crippen LogP contribution in [0.4, 0.5) is 25.0 Å². The van der Waals surface area contributed by atoms with Crippen LogP contribution in [0.5, 0.6) is 0 Å². The number of anilines is 1. The van der Waals surface area contributed by atoms with Crippen LogP contribution >= 0.6 is 23.2 Å². The number of hydrogen-bond acceptors (Lipinski definition) is 9. The van der Waals surface area contributed by atoms with Gasteiger partial charge in [-0.3, -0.25) is 4.90 Å². The van der Waals surface area contributed by atoms with Crippen LogP contribution in [-0.2, 0) is 19.7 Å². The molecule has 0 bridgehead atoms. The minimum atomic E-state index is -1.12. The number of fused-ring (bicyclic) bond motifs is 1. The number of halogens is 2. The summed E-state index contributed by atoms with van der Waals surface area (Å²) in [5, 5.41) is 8.27. The number of nitrogens with zero attached hydrogens (tertiary/aromatic N) is 4. The van der Waals surface area contributed by atoms with Crippen molar-refractivity contribution in [1.82, 2.24) is 25.5 Å². The lowest BCUT2D eigenvalue weighted by Crippen LogP contribution is -2.51. The van der Waals surface area contributed by atoms with Gasteiger partial charge in [-0.25, -0.2) is 19.2 Å². The molecule has 2 aromatic carbocycles. The number of rotatable bonds is 6. The summed E-state index contributed by atoms with van der Waals surface area (Å²) in [6.45, 7) is 21.2. The van der Waals surface area contributed by atoms with Gasteiger partial charge in [0.25, 0.3) is 0 Å². The van der Waals surface area contributed by atoms with Crippen LogP contribution in [0.1, 0.15) is 98.7 Å². The molecule has 2 N–H and O–H groups in total. The first-order valence-corrected chi connectivity index (χ1v) is 18.2. The molecule has 53 heavy (non-hydrogen) atoms. The Balaban J connectivity index is 1.69. The van der Waals surface area contributed by atoms with Crippen molar-refractivity contribution in [2.45, 2.75) is 110 Å². The average Bonchev–Trinajstić information content (AvgIpc) is 3.41. The third-order valence-corrected chi connectivity index (χ3v) is 9.04. The van der Waals surface area contributed by atoms with Crippen LogP contribution in [0.25, 0.3) is 10.9 Å². The highest BCUT2D eigenvalue weighted by molar-refractivity contribution is 6.42. The number of piperidine rings is 1. The van der Waals surface area contributed by atoms with Gasteiger partial charge in [-0.05, 0) is 102 Å². The van der Waals surface area contributed by atoms with Crippen molar-refractivity contribution < 1.29 is 33.5 Å². The quantitative estimate of drug-likeness (QED) is 0.142. The van der Waals surface area contributed by atoms with Crippen molar-refractivity contribution in [1.29, 1.82) is 0 Å². The average molecular weight is 774 g/mol. The SMILES string of the molecule is C=CCN1CCCC[C@H]1[C@@H](NC(=O)NOC(=O)n1nc(N(C(=O)OC(C)(C)C)C(=O)OC(C)(C)C)c2cc(C(C)(C)C)ccc21)c1ccc(Cl)c(Cl)c1. The highest BCUT2D eigenvalue weighted by Gasteiger charge is 2.37. The van der Waals surface area contributed by atoms with E-state index in [9.17, 15) is 19.2 Å². The number of urea groups is 1. The molecule has 288 valence electrons. The summed E-state index contributed by atoms with van der Waals surface area (Å²) in [5.74, 6) is -0.227. The maximum Gasteiger partial charge on any atom is 0.459 e. The Morgan fingerprint density at radius 1 is 0.943 bits per heavy atom. The Hall–Kier alpha value is -4.33. The molecule has 3 aromatic rings. The van der Waals surface area contributed by atoms with Gasteiger partial charge in [-0.15, -0.1) is 11.7 Å². The first kappa shape index (κ1) is 41.4. The van der Waals surface area contributed by atoms with E-state index in [1.54, 1.807) is 77.9 Å². The van der Waals surface area contributed by atoms with E-state index < -0.39 is 41.6 Å². The van der Waals surface area contributed by atoms with Crippen molar-refractivity contribution in [2.75, 3.05) is 18.0 Å². The molecule has 0 unspecified atom stereocenters. The van der Waals surface area contributed by atoms with Crippen molar-refractivity contribution in [3.63, 3.8) is 0 Å². The number of hydroxylamine groups is 1. The van der Waals surface area contributed by atoms with Crippen molar-refractivity contribution in [2.24, 2.45) is 0 Å². The molecule has 4 rings (SSSR count). The number of likely N-dealkylation sites (tertiary alicyclic amines) is 1. The maximum atomic E-state index is 13.7. The predicted molar refractivity (Wildman–Crippen MR) is 206 cm³/mol. The van der Waals surface area contributed by atoms with Crippen LogP contribution in [0.15, 0.2) is 49.1 Å². The zero-order valence-corrected chi connectivity index (χ0v) is 33.4. The lowest BCUT2D eigenvalue weighted by atomic mass is 9.86. The molecule has 15 heteroatoms. The molecular weight excluding hydrogens is 723 g/mol. The predicted octanol–water partition coefficient (Wildman–Crippen LogP) is 9.30. The minimum Gasteiger partial charge on any atom is -0.443 e. The van der Waals surface area contributed by atoms with Gasteiger partial charge in [0, 0.05) is 18.0 Å². The van der Waals surface area contributed by atoms with Crippen molar-refractivity contribution in [3.8, 4) is 0 Å². The van der Waals surface area contributed by atoms with E-state index in [0.717, 1.165) is 36.1 Å². The van der Waals surface area contributed by atoms with Crippen LogP contribution in [-0.4, -0.2) is 69.3 Å². The second-order valence-corrected chi connectivity index (χ2v) is 16.8. The fourth-order valence-corrected chi connectivity index (χ4v) is 6.24. The van der Waals surface area contributed by atoms with E-state index in [-0.39, 0.29) is 28.2 Å². The third kappa shape index (κ3) is 10.6. The summed E-state index contributed by atoms with van der Waals surface area (Å²) >= 11 is 12.6. The summed E-state index contributed by atoms with van der Waals surface area (Å²) in [6, 6.07) is 8.80. The minimum absolute atomic E-state index is 0.123. The third-order valence-electron chi connectivity index (χ3n) is 8.30. The number of benzene rings is 2. The lowest BCUT2D eigenvalue weighted by molar-refractivity contribution is 0.0428. The molecule has 1 saturated heterocycles. The van der Waals surface area contributed by atoms with Crippen LogP contribution < -0.4 is 15.7 Å². The molecule has 13 nitrogen and oxygen atoms in total. The molecule has 0 spiro atoms. The van der Waals surface area contributed by atoms with Gasteiger partial charge in [0.1, 0.15) is 11.2 Å². The first-order valence-electron chi connectivity index (χ1n) is 17.5. The van der Waals surface area contributed by atoms with Crippen LogP contribution in [0, 0.1) is 0 Å². The maximum absolute atomic E-state index is 13.7. The number of carbonyl (C=O) groups is 4. The Kier molecular flexibility index (Phi) is 12.8. The smallest absolute Gasteiger partial charge is 0.443 e. The van der Waals surface area contributed by atoms with Gasteiger partial charge in [0.05, 0.1) is 21.6 Å². The van der Waals surface area contributed by atoms with Gasteiger partial charge < -0.3 is 19.6 Å². The summed E-state index contributed by atoms with van der Waals surface area (Å²) in [4.78, 5) is 62.5. The molecule has 0 aliphatic carbocycles. The summed E-state index contributed by atoms with van der Waals surface area (Å²) < 4.78 is 12.0. The number of imide groups is 1. The fourth-order valence-electron chi connectivity index (χ4n) is 5.93. The monoisotopic (exact) mass is 772 g/mol. The molecule has 0 saturated carbocycles. The van der Waals surface area contributed by atoms with Gasteiger partial charge in [-0.2, -0.15) is 15.1 Å². The standard InChI is InChI=1S/C38H50Cl2N6O7/c1-11-19-44-20-13-12-14-29(44)30(23-15-17-26(39)27(40)21-23)41-32(47)43-53-35(50)46-28-18-16-24(36(2,3)4)22-25(28)31(42-46)45(33(48)51-37(5,6)7)34(49)52-38(8,9)10/h11,15-18,21-22,29-30H,1,12-14,19-20H2,2-10H3,(H2,41,43,47)/t29-,30-/m0/s1. The van der Waals surface area contributed by atoms with Gasteiger partial charge >= 0.3 is 24.3 Å². The Morgan fingerprint density at radius 2 is 1.58 bits per heavy atom. The Bertz CT molecular complexity index is 1830. The number of ether oxygens (including phenoxy) is 2. The summed E-state index contributed by atoms with van der Waals surface area (Å²) in [7, 11) is 0. The van der Waals surface area contributed by atoms with E-state index in [0.29, 0.717) is 27.1 Å². The molecule has 1 aromatic heterocycles. The lowest BCUT2D eigenvalue weighted by Gasteiger charge is -2.40. The van der Waals surface area contributed by atoms with Gasteiger partial charge in [0.2, 0.25) is 0 Å². The van der Waals surface area contributed by atoms with E-state index in [4.69, 9.17) is 37.5 Å². The second-order valence-electron chi connectivity index (χ2n) is 16.0. The zero-order valence-electron chi connectivity index (χ0n) is 31.8. The number of nitrogens with one attached hydrogen (secondary N) is 2. The fraction of sp³-hybridized carbons (Fsp3) is 0.500.